The molecule has 2 rings (SSSR count). The maximum Gasteiger partial charge on any atom is 0.274 e. The van der Waals surface area contributed by atoms with Crippen LogP contribution in [0.15, 0.2) is 54.6 Å². The molecule has 0 bridgehead atoms. The van der Waals surface area contributed by atoms with Gasteiger partial charge in [-0.2, -0.15) is 0 Å². The first kappa shape index (κ1) is 26.6. The number of anilines is 1. The Morgan fingerprint density at radius 1 is 0.912 bits per heavy atom. The number of carbonyl (C=O) groups is 3. The highest BCUT2D eigenvalue weighted by Crippen LogP contribution is 2.23. The van der Waals surface area contributed by atoms with Crippen LogP contribution in [0.1, 0.15) is 13.8 Å². The molecule has 0 fully saturated rings. The Kier molecular flexibility index (Phi) is 9.36. The summed E-state index contributed by atoms with van der Waals surface area (Å²) in [4.78, 5) is 37.3. The van der Waals surface area contributed by atoms with Crippen molar-refractivity contribution in [2.45, 2.75) is 37.6 Å². The van der Waals surface area contributed by atoms with Crippen molar-refractivity contribution >= 4 is 23.4 Å². The molecule has 0 aromatic heterocycles. The van der Waals surface area contributed by atoms with E-state index in [9.17, 15) is 19.5 Å². The summed E-state index contributed by atoms with van der Waals surface area (Å²) in [7, 11) is 2.78. The second kappa shape index (κ2) is 12.0. The van der Waals surface area contributed by atoms with E-state index in [0.717, 1.165) is 0 Å². The molecule has 0 saturated carbocycles. The molecular formula is C23H30N4O7. The van der Waals surface area contributed by atoms with E-state index in [0.29, 0.717) is 17.2 Å². The lowest BCUT2D eigenvalue weighted by Crippen LogP contribution is -2.62. The van der Waals surface area contributed by atoms with Gasteiger partial charge in [-0.25, -0.2) is 5.48 Å². The minimum Gasteiger partial charge on any atom is -0.457 e. The smallest absolute Gasteiger partial charge is 0.274 e. The average molecular weight is 475 g/mol. The minimum absolute atomic E-state index is 0.368. The Bertz CT molecular complexity index is 967. The zero-order chi connectivity index (χ0) is 25.3. The molecule has 0 heterocycles. The SMILES string of the molecule is CNC(=O)C(NC(=O)C(Nc1ccc(Oc2ccccc2)cc1)C(O)C(=O)NO)C(C)(C)OC. The summed E-state index contributed by atoms with van der Waals surface area (Å²) in [5, 5.41) is 27.0. The molecule has 0 aliphatic carbocycles. The largest absolute Gasteiger partial charge is 0.457 e. The van der Waals surface area contributed by atoms with E-state index in [-0.39, 0.29) is 0 Å². The Labute approximate surface area is 197 Å². The molecule has 3 atom stereocenters. The van der Waals surface area contributed by atoms with Gasteiger partial charge in [-0.05, 0) is 50.2 Å². The molecule has 0 saturated heterocycles. The summed E-state index contributed by atoms with van der Waals surface area (Å²) in [6.45, 7) is 3.19. The van der Waals surface area contributed by atoms with Crippen molar-refractivity contribution in [2.24, 2.45) is 0 Å². The van der Waals surface area contributed by atoms with Crippen molar-refractivity contribution in [2.75, 3.05) is 19.5 Å². The lowest BCUT2D eigenvalue weighted by atomic mass is 9.96. The molecule has 6 N–H and O–H groups in total. The number of nitrogens with one attached hydrogen (secondary N) is 4. The average Bonchev–Trinajstić information content (AvgIpc) is 2.85. The molecule has 184 valence electrons. The molecular weight excluding hydrogens is 444 g/mol. The zero-order valence-electron chi connectivity index (χ0n) is 19.4. The first-order chi connectivity index (χ1) is 16.1. The standard InChI is InChI=1S/C23H30N4O7/c1-23(2,33-4)19(22(31)24-3)26-20(29)17(18(28)21(30)27-32)25-14-10-12-16(13-11-14)34-15-8-6-5-7-9-15/h5-13,17-19,25,28,32H,1-4H3,(H,24,31)(H,26,29)(H,27,30). The molecule has 0 aliphatic heterocycles. The van der Waals surface area contributed by atoms with Gasteiger partial charge in [0.1, 0.15) is 23.6 Å². The quantitative estimate of drug-likeness (QED) is 0.206. The van der Waals surface area contributed by atoms with Crippen LogP contribution in [0, 0.1) is 0 Å². The second-order valence-electron chi connectivity index (χ2n) is 7.85. The third kappa shape index (κ3) is 6.91. The highest BCUT2D eigenvalue weighted by Gasteiger charge is 2.40. The van der Waals surface area contributed by atoms with E-state index < -0.39 is 41.5 Å². The van der Waals surface area contributed by atoms with E-state index in [1.807, 2.05) is 18.2 Å². The molecule has 0 radical (unpaired) electrons. The van der Waals surface area contributed by atoms with Gasteiger partial charge in [0.2, 0.25) is 11.8 Å². The first-order valence-corrected chi connectivity index (χ1v) is 10.4. The van der Waals surface area contributed by atoms with E-state index in [4.69, 9.17) is 14.7 Å². The molecule has 2 aromatic carbocycles. The Balaban J connectivity index is 2.24. The van der Waals surface area contributed by atoms with Gasteiger partial charge in [0.05, 0.1) is 5.60 Å². The third-order valence-electron chi connectivity index (χ3n) is 5.15. The first-order valence-electron chi connectivity index (χ1n) is 10.4. The molecule has 11 nitrogen and oxygen atoms in total. The lowest BCUT2D eigenvalue weighted by Gasteiger charge is -2.34. The highest BCUT2D eigenvalue weighted by molar-refractivity contribution is 5.96. The Hall–Kier alpha value is -3.67. The van der Waals surface area contributed by atoms with Gasteiger partial charge in [-0.1, -0.05) is 18.2 Å². The number of amides is 3. The molecule has 3 unspecified atom stereocenters. The van der Waals surface area contributed by atoms with Crippen molar-refractivity contribution in [1.82, 2.24) is 16.1 Å². The van der Waals surface area contributed by atoms with Crippen molar-refractivity contribution in [1.29, 1.82) is 0 Å². The maximum atomic E-state index is 13.1. The summed E-state index contributed by atoms with van der Waals surface area (Å²) in [6, 6.07) is 12.8. The highest BCUT2D eigenvalue weighted by atomic mass is 16.5. The fourth-order valence-corrected chi connectivity index (χ4v) is 2.98. The van der Waals surface area contributed by atoms with Gasteiger partial charge < -0.3 is 30.5 Å². The Morgan fingerprint density at radius 2 is 1.50 bits per heavy atom. The van der Waals surface area contributed by atoms with Gasteiger partial charge in [0, 0.05) is 19.8 Å². The maximum absolute atomic E-state index is 13.1. The number of hydroxylamine groups is 1. The number of rotatable bonds is 11. The van der Waals surface area contributed by atoms with Crippen LogP contribution in [0.3, 0.4) is 0 Å². The monoisotopic (exact) mass is 474 g/mol. The van der Waals surface area contributed by atoms with Crippen molar-refractivity contribution in [3.8, 4) is 11.5 Å². The van der Waals surface area contributed by atoms with Gasteiger partial charge in [0.25, 0.3) is 5.91 Å². The van der Waals surface area contributed by atoms with Gasteiger partial charge in [0.15, 0.2) is 6.10 Å². The molecule has 0 aliphatic rings. The lowest BCUT2D eigenvalue weighted by molar-refractivity contribution is -0.144. The topological polar surface area (TPSA) is 158 Å². The molecule has 34 heavy (non-hydrogen) atoms. The van der Waals surface area contributed by atoms with Crippen LogP contribution < -0.4 is 26.2 Å². The van der Waals surface area contributed by atoms with Gasteiger partial charge in [-0.3, -0.25) is 19.6 Å². The van der Waals surface area contributed by atoms with E-state index in [2.05, 4.69) is 16.0 Å². The van der Waals surface area contributed by atoms with Crippen LogP contribution in [-0.2, 0) is 19.1 Å². The van der Waals surface area contributed by atoms with Crippen molar-refractivity contribution < 1.29 is 34.2 Å². The zero-order valence-corrected chi connectivity index (χ0v) is 19.4. The van der Waals surface area contributed by atoms with Crippen molar-refractivity contribution in [3.05, 3.63) is 54.6 Å². The number of para-hydroxylation sites is 1. The van der Waals surface area contributed by atoms with Crippen LogP contribution in [-0.4, -0.2) is 66.0 Å². The summed E-state index contributed by atoms with van der Waals surface area (Å²) >= 11 is 0. The summed E-state index contributed by atoms with van der Waals surface area (Å²) in [6.07, 6.45) is -1.98. The fourth-order valence-electron chi connectivity index (χ4n) is 2.98. The molecule has 0 spiro atoms. The minimum atomic E-state index is -1.98. The third-order valence-corrected chi connectivity index (χ3v) is 5.15. The fraction of sp³-hybridized carbons (Fsp3) is 0.348. The number of aliphatic hydroxyl groups excluding tert-OH is 1. The number of likely N-dealkylation sites (N-methyl/N-ethyl adjacent to an activating group) is 1. The number of benzene rings is 2. The number of aliphatic hydroxyl groups is 1. The van der Waals surface area contributed by atoms with Crippen LogP contribution >= 0.6 is 0 Å². The van der Waals surface area contributed by atoms with E-state index in [1.165, 1.54) is 19.6 Å². The van der Waals surface area contributed by atoms with Crippen LogP contribution in [0.4, 0.5) is 5.69 Å². The number of carbonyl (C=O) groups excluding carboxylic acids is 3. The second-order valence-corrected chi connectivity index (χ2v) is 7.85. The van der Waals surface area contributed by atoms with Gasteiger partial charge >= 0.3 is 0 Å². The summed E-state index contributed by atoms with van der Waals surface area (Å²) in [5.41, 5.74) is 0.576. The number of hydrogen-bond donors (Lipinski definition) is 6. The van der Waals surface area contributed by atoms with Gasteiger partial charge in [-0.15, -0.1) is 0 Å². The van der Waals surface area contributed by atoms with Crippen LogP contribution in [0.5, 0.6) is 11.5 Å². The number of methoxy groups -OCH3 is 1. The number of ether oxygens (including phenoxy) is 2. The summed E-state index contributed by atoms with van der Waals surface area (Å²) in [5.74, 6) is -1.47. The molecule has 3 amide bonds. The predicted octanol–water partition coefficient (Wildman–Crippen LogP) is 0.781. The van der Waals surface area contributed by atoms with Crippen molar-refractivity contribution in [3.63, 3.8) is 0 Å². The Morgan fingerprint density at radius 3 is 2.03 bits per heavy atom. The molecule has 11 heteroatoms. The predicted molar refractivity (Wildman–Crippen MR) is 123 cm³/mol. The number of hydrogen-bond acceptors (Lipinski definition) is 8. The van der Waals surface area contributed by atoms with E-state index in [1.54, 1.807) is 50.2 Å². The van der Waals surface area contributed by atoms with Crippen LogP contribution in [0.25, 0.3) is 0 Å². The normalized spacial score (nSPS) is 13.7. The summed E-state index contributed by atoms with van der Waals surface area (Å²) < 4.78 is 11.0. The molecule has 2 aromatic rings. The van der Waals surface area contributed by atoms with Crippen LogP contribution in [0.2, 0.25) is 0 Å². The van der Waals surface area contributed by atoms with E-state index >= 15 is 0 Å².